The molecule has 0 N–H and O–H groups in total. The van der Waals surface area contributed by atoms with Crippen molar-refractivity contribution < 1.29 is 9.32 Å². The number of carbonyl (C=O) groups excluding carboxylic acids is 1. The highest BCUT2D eigenvalue weighted by atomic mass is 16.5. The summed E-state index contributed by atoms with van der Waals surface area (Å²) in [5.74, 6) is 0.847. The summed E-state index contributed by atoms with van der Waals surface area (Å²) in [5.41, 5.74) is 0.876. The average molecular weight is 245 g/mol. The molecule has 1 heterocycles. The maximum atomic E-state index is 12.2. The standard InChI is InChI=1S/C13H15N3O2/c1-3-16(11-7-5-4-6-8-11)13(17)9-12-14-10(2)15-18-12/h4-8H,3,9H2,1-2H3. The monoisotopic (exact) mass is 245 g/mol. The highest BCUT2D eigenvalue weighted by Gasteiger charge is 2.17. The van der Waals surface area contributed by atoms with Crippen LogP contribution in [0.15, 0.2) is 34.9 Å². The number of anilines is 1. The van der Waals surface area contributed by atoms with Crippen molar-refractivity contribution in [1.29, 1.82) is 0 Å². The maximum absolute atomic E-state index is 12.2. The number of rotatable bonds is 4. The Kier molecular flexibility index (Phi) is 3.72. The van der Waals surface area contributed by atoms with Crippen LogP contribution >= 0.6 is 0 Å². The molecule has 0 aliphatic carbocycles. The molecule has 1 aromatic carbocycles. The van der Waals surface area contributed by atoms with E-state index in [9.17, 15) is 4.79 Å². The highest BCUT2D eigenvalue weighted by molar-refractivity contribution is 5.94. The van der Waals surface area contributed by atoms with E-state index >= 15 is 0 Å². The van der Waals surface area contributed by atoms with Gasteiger partial charge in [0, 0.05) is 12.2 Å². The van der Waals surface area contributed by atoms with Crippen molar-refractivity contribution >= 4 is 11.6 Å². The maximum Gasteiger partial charge on any atom is 0.236 e. The first-order chi connectivity index (χ1) is 8.70. The van der Waals surface area contributed by atoms with Crippen LogP contribution in [-0.2, 0) is 11.2 Å². The molecule has 0 radical (unpaired) electrons. The molecule has 0 spiro atoms. The van der Waals surface area contributed by atoms with Gasteiger partial charge in [0.05, 0.1) is 0 Å². The Morgan fingerprint density at radius 2 is 2.06 bits per heavy atom. The van der Waals surface area contributed by atoms with E-state index in [2.05, 4.69) is 10.1 Å². The van der Waals surface area contributed by atoms with Crippen molar-refractivity contribution in [3.05, 3.63) is 42.0 Å². The summed E-state index contributed by atoms with van der Waals surface area (Å²) >= 11 is 0. The lowest BCUT2D eigenvalue weighted by atomic mass is 10.2. The summed E-state index contributed by atoms with van der Waals surface area (Å²) < 4.78 is 4.96. The van der Waals surface area contributed by atoms with E-state index in [0.29, 0.717) is 18.3 Å². The zero-order chi connectivity index (χ0) is 13.0. The van der Waals surface area contributed by atoms with Gasteiger partial charge in [0.2, 0.25) is 11.8 Å². The van der Waals surface area contributed by atoms with Crippen LogP contribution in [0.4, 0.5) is 5.69 Å². The molecule has 0 aliphatic heterocycles. The Labute approximate surface area is 105 Å². The van der Waals surface area contributed by atoms with Crippen molar-refractivity contribution in [1.82, 2.24) is 10.1 Å². The van der Waals surface area contributed by atoms with E-state index in [4.69, 9.17) is 4.52 Å². The predicted octanol–water partition coefficient (Wildman–Crippen LogP) is 1.97. The Hall–Kier alpha value is -2.17. The Morgan fingerprint density at radius 3 is 2.61 bits per heavy atom. The first-order valence-corrected chi connectivity index (χ1v) is 5.85. The minimum Gasteiger partial charge on any atom is -0.339 e. The third kappa shape index (κ3) is 2.74. The van der Waals surface area contributed by atoms with Gasteiger partial charge in [-0.1, -0.05) is 23.4 Å². The number of amides is 1. The fourth-order valence-electron chi connectivity index (χ4n) is 1.75. The lowest BCUT2D eigenvalue weighted by molar-refractivity contribution is -0.118. The molecule has 0 fully saturated rings. The fourth-order valence-corrected chi connectivity index (χ4v) is 1.75. The van der Waals surface area contributed by atoms with Gasteiger partial charge in [0.25, 0.3) is 0 Å². The number of aryl methyl sites for hydroxylation is 1. The molecule has 0 saturated carbocycles. The van der Waals surface area contributed by atoms with Crippen LogP contribution in [0.25, 0.3) is 0 Å². The number of nitrogens with zero attached hydrogens (tertiary/aromatic N) is 3. The fraction of sp³-hybridized carbons (Fsp3) is 0.308. The average Bonchev–Trinajstić information content (AvgIpc) is 2.77. The third-order valence-corrected chi connectivity index (χ3v) is 2.56. The van der Waals surface area contributed by atoms with Crippen LogP contribution in [-0.4, -0.2) is 22.6 Å². The van der Waals surface area contributed by atoms with Crippen LogP contribution in [0.5, 0.6) is 0 Å². The molecule has 0 bridgehead atoms. The summed E-state index contributed by atoms with van der Waals surface area (Å²) in [6.07, 6.45) is 0.129. The van der Waals surface area contributed by atoms with E-state index in [1.807, 2.05) is 37.3 Å². The van der Waals surface area contributed by atoms with Crippen molar-refractivity contribution in [3.8, 4) is 0 Å². The lowest BCUT2D eigenvalue weighted by Crippen LogP contribution is -2.32. The van der Waals surface area contributed by atoms with Gasteiger partial charge in [-0.05, 0) is 26.0 Å². The van der Waals surface area contributed by atoms with Gasteiger partial charge in [-0.15, -0.1) is 0 Å². The normalized spacial score (nSPS) is 10.3. The van der Waals surface area contributed by atoms with Crippen LogP contribution in [0, 0.1) is 6.92 Å². The van der Waals surface area contributed by atoms with Crippen molar-refractivity contribution in [2.45, 2.75) is 20.3 Å². The van der Waals surface area contributed by atoms with E-state index in [1.54, 1.807) is 11.8 Å². The molecule has 1 amide bonds. The minimum atomic E-state index is -0.0487. The zero-order valence-electron chi connectivity index (χ0n) is 10.5. The van der Waals surface area contributed by atoms with Crippen molar-refractivity contribution in [2.75, 3.05) is 11.4 Å². The zero-order valence-corrected chi connectivity index (χ0v) is 10.5. The number of likely N-dealkylation sites (N-methyl/N-ethyl adjacent to an activating group) is 1. The minimum absolute atomic E-state index is 0.0487. The summed E-state index contributed by atoms with van der Waals surface area (Å²) in [6, 6.07) is 9.54. The van der Waals surface area contributed by atoms with Crippen LogP contribution < -0.4 is 4.90 Å². The van der Waals surface area contributed by atoms with E-state index < -0.39 is 0 Å². The second-order valence-electron chi connectivity index (χ2n) is 3.89. The summed E-state index contributed by atoms with van der Waals surface area (Å²) in [4.78, 5) is 17.9. The van der Waals surface area contributed by atoms with E-state index in [0.717, 1.165) is 5.69 Å². The largest absolute Gasteiger partial charge is 0.339 e. The second kappa shape index (κ2) is 5.44. The molecule has 0 unspecified atom stereocenters. The van der Waals surface area contributed by atoms with E-state index in [1.165, 1.54) is 0 Å². The predicted molar refractivity (Wildman–Crippen MR) is 67.2 cm³/mol. The lowest BCUT2D eigenvalue weighted by Gasteiger charge is -2.20. The van der Waals surface area contributed by atoms with Crippen LogP contribution in [0.2, 0.25) is 0 Å². The van der Waals surface area contributed by atoms with Gasteiger partial charge in [-0.3, -0.25) is 4.79 Å². The number of para-hydroxylation sites is 1. The number of carbonyl (C=O) groups is 1. The molecule has 0 atom stereocenters. The molecule has 94 valence electrons. The second-order valence-corrected chi connectivity index (χ2v) is 3.89. The van der Waals surface area contributed by atoms with Gasteiger partial charge in [0.1, 0.15) is 6.42 Å². The smallest absolute Gasteiger partial charge is 0.236 e. The molecular formula is C13H15N3O2. The topological polar surface area (TPSA) is 59.2 Å². The molecule has 18 heavy (non-hydrogen) atoms. The first-order valence-electron chi connectivity index (χ1n) is 5.85. The van der Waals surface area contributed by atoms with Gasteiger partial charge < -0.3 is 9.42 Å². The van der Waals surface area contributed by atoms with Gasteiger partial charge in [-0.25, -0.2) is 0 Å². The quantitative estimate of drug-likeness (QED) is 0.826. The summed E-state index contributed by atoms with van der Waals surface area (Å²) in [7, 11) is 0. The molecule has 5 heteroatoms. The van der Waals surface area contributed by atoms with Crippen LogP contribution in [0.1, 0.15) is 18.6 Å². The Morgan fingerprint density at radius 1 is 1.33 bits per heavy atom. The SMILES string of the molecule is CCN(C(=O)Cc1nc(C)no1)c1ccccc1. The third-order valence-electron chi connectivity index (χ3n) is 2.56. The Bertz CT molecular complexity index is 522. The number of hydrogen-bond donors (Lipinski definition) is 0. The summed E-state index contributed by atoms with van der Waals surface area (Å²) in [6.45, 7) is 4.27. The highest BCUT2D eigenvalue weighted by Crippen LogP contribution is 2.14. The molecule has 2 rings (SSSR count). The molecule has 2 aromatic rings. The molecule has 0 aliphatic rings. The van der Waals surface area contributed by atoms with Crippen molar-refractivity contribution in [3.63, 3.8) is 0 Å². The molecule has 0 saturated heterocycles. The Balaban J connectivity index is 2.11. The number of benzene rings is 1. The number of aromatic nitrogens is 2. The van der Waals surface area contributed by atoms with Crippen LogP contribution in [0.3, 0.4) is 0 Å². The molecule has 1 aromatic heterocycles. The molecule has 5 nitrogen and oxygen atoms in total. The van der Waals surface area contributed by atoms with Crippen molar-refractivity contribution in [2.24, 2.45) is 0 Å². The molecular weight excluding hydrogens is 230 g/mol. The van der Waals surface area contributed by atoms with Gasteiger partial charge in [0.15, 0.2) is 5.82 Å². The van der Waals surface area contributed by atoms with Gasteiger partial charge >= 0.3 is 0 Å². The van der Waals surface area contributed by atoms with Gasteiger partial charge in [-0.2, -0.15) is 4.98 Å². The van der Waals surface area contributed by atoms with E-state index in [-0.39, 0.29) is 12.3 Å². The summed E-state index contributed by atoms with van der Waals surface area (Å²) in [5, 5.41) is 3.67. The first kappa shape index (κ1) is 12.3. The number of hydrogen-bond acceptors (Lipinski definition) is 4.